The summed E-state index contributed by atoms with van der Waals surface area (Å²) in [6, 6.07) is 17.4. The predicted molar refractivity (Wildman–Crippen MR) is 130 cm³/mol. The van der Waals surface area contributed by atoms with E-state index in [-0.39, 0.29) is 22.9 Å². The number of fused-ring (bicyclic) bond motifs is 1. The molecule has 0 saturated heterocycles. The quantitative estimate of drug-likeness (QED) is 0.153. The van der Waals surface area contributed by atoms with E-state index in [0.29, 0.717) is 32.5 Å². The van der Waals surface area contributed by atoms with E-state index in [9.17, 15) is 20.2 Å². The van der Waals surface area contributed by atoms with Gasteiger partial charge in [-0.2, -0.15) is 5.26 Å². The minimum atomic E-state index is -0.653. The monoisotopic (exact) mass is 507 g/mol. The molecule has 1 atom stereocenters. The van der Waals surface area contributed by atoms with Gasteiger partial charge in [0.2, 0.25) is 5.88 Å². The van der Waals surface area contributed by atoms with Gasteiger partial charge in [0.25, 0.3) is 5.69 Å². The molecule has 174 valence electrons. The van der Waals surface area contributed by atoms with Gasteiger partial charge in [0.15, 0.2) is 0 Å². The number of nitrogens with zero attached hydrogens (tertiary/aromatic N) is 2. The summed E-state index contributed by atoms with van der Waals surface area (Å²) in [6.45, 7) is 0. The number of ether oxygens (including phenoxy) is 2. The van der Waals surface area contributed by atoms with Crippen LogP contribution in [-0.4, -0.2) is 10.9 Å². The maximum Gasteiger partial charge on any atom is 0.336 e. The lowest BCUT2D eigenvalue weighted by Crippen LogP contribution is -2.21. The van der Waals surface area contributed by atoms with Crippen LogP contribution in [0.4, 0.5) is 5.69 Å². The number of nitriles is 1. The molecule has 35 heavy (non-hydrogen) atoms. The number of nitro benzene ring substituents is 1. The summed E-state index contributed by atoms with van der Waals surface area (Å²) in [5.74, 6) is -0.888. The highest BCUT2D eigenvalue weighted by Crippen LogP contribution is 2.43. The van der Waals surface area contributed by atoms with Crippen molar-refractivity contribution in [3.63, 3.8) is 0 Å². The van der Waals surface area contributed by atoms with Crippen molar-refractivity contribution in [3.05, 3.63) is 115 Å². The molecule has 0 radical (unpaired) electrons. The minimum absolute atomic E-state index is 0.0771. The Morgan fingerprint density at radius 1 is 1.14 bits per heavy atom. The van der Waals surface area contributed by atoms with E-state index in [1.54, 1.807) is 42.5 Å². The van der Waals surface area contributed by atoms with Crippen LogP contribution in [0.1, 0.15) is 22.6 Å². The van der Waals surface area contributed by atoms with Crippen LogP contribution in [0.5, 0.6) is 11.5 Å². The lowest BCUT2D eigenvalue weighted by molar-refractivity contribution is -0.384. The Bertz CT molecular complexity index is 1440. The first-order chi connectivity index (χ1) is 16.8. The van der Waals surface area contributed by atoms with Crippen LogP contribution in [0.2, 0.25) is 10.0 Å². The molecule has 1 aliphatic rings. The predicted octanol–water partition coefficient (Wildman–Crippen LogP) is 5.74. The Labute approximate surface area is 209 Å². The molecule has 3 aromatic carbocycles. The van der Waals surface area contributed by atoms with E-state index in [1.807, 2.05) is 6.07 Å². The molecule has 1 unspecified atom stereocenters. The summed E-state index contributed by atoms with van der Waals surface area (Å²) in [5.41, 5.74) is 7.87. The number of carbonyl (C=O) groups excluding carboxylic acids is 1. The van der Waals surface area contributed by atoms with Gasteiger partial charge in [0, 0.05) is 39.9 Å². The van der Waals surface area contributed by atoms with Gasteiger partial charge in [0.1, 0.15) is 23.1 Å². The summed E-state index contributed by atoms with van der Waals surface area (Å²) in [6.07, 6.45) is 2.72. The largest absolute Gasteiger partial charge is 0.440 e. The topological polar surface area (TPSA) is 128 Å². The molecule has 1 heterocycles. The molecule has 4 rings (SSSR count). The van der Waals surface area contributed by atoms with Crippen LogP contribution in [-0.2, 0) is 4.79 Å². The first-order valence-corrected chi connectivity index (χ1v) is 10.8. The summed E-state index contributed by atoms with van der Waals surface area (Å²) >= 11 is 12.0. The van der Waals surface area contributed by atoms with E-state index < -0.39 is 16.8 Å². The highest BCUT2D eigenvalue weighted by Gasteiger charge is 2.31. The fraction of sp³-hybridized carbons (Fsp3) is 0.0400. The number of nitrogens with two attached hydrogens (primary N) is 1. The van der Waals surface area contributed by atoms with Gasteiger partial charge in [0.05, 0.1) is 10.8 Å². The van der Waals surface area contributed by atoms with Crippen molar-refractivity contribution >= 4 is 40.9 Å². The first kappa shape index (κ1) is 23.8. The molecular formula is C25H15Cl2N3O5. The number of nitro groups is 1. The number of carbonyl (C=O) groups is 1. The number of esters is 1. The van der Waals surface area contributed by atoms with Gasteiger partial charge in [-0.15, -0.1) is 0 Å². The number of non-ortho nitro benzene ring substituents is 1. The van der Waals surface area contributed by atoms with Crippen molar-refractivity contribution in [1.29, 1.82) is 5.26 Å². The smallest absolute Gasteiger partial charge is 0.336 e. The van der Waals surface area contributed by atoms with Crippen molar-refractivity contribution in [1.82, 2.24) is 0 Å². The van der Waals surface area contributed by atoms with Crippen LogP contribution >= 0.6 is 23.2 Å². The number of benzene rings is 3. The maximum absolute atomic E-state index is 12.3. The lowest BCUT2D eigenvalue weighted by atomic mass is 9.83. The molecule has 8 nitrogen and oxygen atoms in total. The number of halogens is 2. The summed E-state index contributed by atoms with van der Waals surface area (Å²) in [4.78, 5) is 22.8. The van der Waals surface area contributed by atoms with Crippen LogP contribution in [0.3, 0.4) is 0 Å². The second-order valence-electron chi connectivity index (χ2n) is 7.39. The minimum Gasteiger partial charge on any atom is -0.440 e. The molecule has 0 spiro atoms. The number of hydrogen-bond acceptors (Lipinski definition) is 7. The van der Waals surface area contributed by atoms with Crippen molar-refractivity contribution < 1.29 is 19.2 Å². The van der Waals surface area contributed by atoms with E-state index >= 15 is 0 Å². The molecule has 1 aliphatic heterocycles. The molecule has 0 bridgehead atoms. The number of hydrogen-bond donors (Lipinski definition) is 1. The van der Waals surface area contributed by atoms with E-state index in [4.69, 9.17) is 38.4 Å². The Balaban J connectivity index is 1.60. The lowest BCUT2D eigenvalue weighted by Gasteiger charge is -2.26. The molecule has 0 amide bonds. The third-order valence-corrected chi connectivity index (χ3v) is 5.77. The molecule has 0 fully saturated rings. The molecule has 0 aliphatic carbocycles. The van der Waals surface area contributed by atoms with Gasteiger partial charge in [-0.3, -0.25) is 10.1 Å². The average molecular weight is 508 g/mol. The molecule has 3 aromatic rings. The van der Waals surface area contributed by atoms with Crippen molar-refractivity contribution in [2.45, 2.75) is 5.92 Å². The summed E-state index contributed by atoms with van der Waals surface area (Å²) < 4.78 is 11.0. The van der Waals surface area contributed by atoms with Crippen LogP contribution in [0, 0.1) is 21.4 Å². The molecule has 0 aromatic heterocycles. The number of allylic oxidation sites excluding steroid dienone is 1. The second-order valence-corrected chi connectivity index (χ2v) is 8.24. The van der Waals surface area contributed by atoms with Gasteiger partial charge in [-0.25, -0.2) is 4.79 Å². The van der Waals surface area contributed by atoms with Gasteiger partial charge in [-0.05, 0) is 35.4 Å². The van der Waals surface area contributed by atoms with Gasteiger partial charge in [-0.1, -0.05) is 47.5 Å². The Morgan fingerprint density at radius 2 is 1.89 bits per heavy atom. The first-order valence-electron chi connectivity index (χ1n) is 10.1. The van der Waals surface area contributed by atoms with E-state index in [0.717, 1.165) is 0 Å². The molecular weight excluding hydrogens is 493 g/mol. The Morgan fingerprint density at radius 3 is 2.54 bits per heavy atom. The zero-order valence-electron chi connectivity index (χ0n) is 17.8. The molecule has 10 heteroatoms. The van der Waals surface area contributed by atoms with Gasteiger partial charge < -0.3 is 15.2 Å². The third-order valence-electron chi connectivity index (χ3n) is 5.21. The van der Waals surface area contributed by atoms with Crippen LogP contribution in [0.15, 0.2) is 78.2 Å². The van der Waals surface area contributed by atoms with Crippen LogP contribution in [0.25, 0.3) is 6.08 Å². The van der Waals surface area contributed by atoms with E-state index in [2.05, 4.69) is 0 Å². The summed E-state index contributed by atoms with van der Waals surface area (Å²) in [7, 11) is 0. The third kappa shape index (κ3) is 5.11. The normalized spacial score (nSPS) is 14.7. The van der Waals surface area contributed by atoms with Crippen molar-refractivity contribution in [3.8, 4) is 17.6 Å². The molecule has 2 N–H and O–H groups in total. The molecule has 0 saturated carbocycles. The fourth-order valence-electron chi connectivity index (χ4n) is 3.58. The Kier molecular flexibility index (Phi) is 6.73. The zero-order valence-corrected chi connectivity index (χ0v) is 19.3. The standard InChI is InChI=1S/C25H15Cl2N3O5/c26-16-5-1-14(21(27)11-16)4-10-23(31)34-18-8-9-19-22(12-18)35-25(29)20(13-28)24(19)15-2-6-17(7-3-15)30(32)33/h1-12,24H,29H2/b10-4+. The van der Waals surface area contributed by atoms with E-state index in [1.165, 1.54) is 30.4 Å². The van der Waals surface area contributed by atoms with Gasteiger partial charge >= 0.3 is 5.97 Å². The SMILES string of the molecule is N#CC1=C(N)Oc2cc(OC(=O)/C=C/c3ccc(Cl)cc3Cl)ccc2C1c1ccc([N+](=O)[O-])cc1. The summed E-state index contributed by atoms with van der Waals surface area (Å²) in [5, 5.41) is 21.5. The fourth-order valence-corrected chi connectivity index (χ4v) is 4.05. The second kappa shape index (κ2) is 9.89. The van der Waals surface area contributed by atoms with Crippen molar-refractivity contribution in [2.75, 3.05) is 0 Å². The highest BCUT2D eigenvalue weighted by atomic mass is 35.5. The zero-order chi connectivity index (χ0) is 25.1. The average Bonchev–Trinajstić information content (AvgIpc) is 2.82. The number of rotatable bonds is 5. The van der Waals surface area contributed by atoms with Crippen LogP contribution < -0.4 is 15.2 Å². The van der Waals surface area contributed by atoms with Crippen molar-refractivity contribution in [2.24, 2.45) is 5.73 Å². The Hall–Kier alpha value is -4.32. The maximum atomic E-state index is 12.3. The highest BCUT2D eigenvalue weighted by molar-refractivity contribution is 6.35.